The zero-order chi connectivity index (χ0) is 15.5. The fourth-order valence-electron chi connectivity index (χ4n) is 3.04. The molecule has 2 fully saturated rings. The monoisotopic (exact) mass is 302 g/mol. The van der Waals surface area contributed by atoms with Crippen LogP contribution in [0.5, 0.6) is 5.75 Å². The van der Waals surface area contributed by atoms with Gasteiger partial charge in [0.25, 0.3) is 0 Å². The number of methoxy groups -OCH3 is 1. The van der Waals surface area contributed by atoms with Crippen LogP contribution in [0.25, 0.3) is 0 Å². The molecule has 1 saturated heterocycles. The first-order valence-electron chi connectivity index (χ1n) is 7.87. The van der Waals surface area contributed by atoms with Crippen molar-refractivity contribution in [2.24, 2.45) is 5.92 Å². The van der Waals surface area contributed by atoms with E-state index in [1.165, 1.54) is 6.42 Å². The fraction of sp³-hybridized carbons (Fsp3) is 0.529. The van der Waals surface area contributed by atoms with E-state index in [0.29, 0.717) is 25.6 Å². The van der Waals surface area contributed by atoms with Crippen molar-refractivity contribution >= 4 is 11.8 Å². The molecular weight excluding hydrogens is 280 g/mol. The number of amides is 2. The molecule has 5 nitrogen and oxygen atoms in total. The Labute approximate surface area is 130 Å². The first-order valence-corrected chi connectivity index (χ1v) is 7.87. The molecule has 1 aromatic rings. The minimum Gasteiger partial charge on any atom is -0.497 e. The highest BCUT2D eigenvalue weighted by atomic mass is 16.5. The summed E-state index contributed by atoms with van der Waals surface area (Å²) in [6.07, 6.45) is 3.73. The summed E-state index contributed by atoms with van der Waals surface area (Å²) in [5.74, 6) is 0.708. The summed E-state index contributed by atoms with van der Waals surface area (Å²) < 4.78 is 5.11. The lowest BCUT2D eigenvalue weighted by Crippen LogP contribution is -2.42. The van der Waals surface area contributed by atoms with E-state index in [1.807, 2.05) is 29.2 Å². The van der Waals surface area contributed by atoms with Crippen molar-refractivity contribution < 1.29 is 14.3 Å². The fourth-order valence-corrected chi connectivity index (χ4v) is 3.04. The Hall–Kier alpha value is -2.04. The number of hydrogen-bond donors (Lipinski definition) is 1. The van der Waals surface area contributed by atoms with E-state index < -0.39 is 0 Å². The topological polar surface area (TPSA) is 58.6 Å². The molecule has 1 unspecified atom stereocenters. The molecule has 22 heavy (non-hydrogen) atoms. The molecule has 118 valence electrons. The van der Waals surface area contributed by atoms with Gasteiger partial charge in [0.1, 0.15) is 5.75 Å². The van der Waals surface area contributed by atoms with Crippen molar-refractivity contribution in [1.29, 1.82) is 0 Å². The van der Waals surface area contributed by atoms with Gasteiger partial charge in [-0.1, -0.05) is 12.1 Å². The molecule has 0 radical (unpaired) electrons. The molecule has 0 bridgehead atoms. The smallest absolute Gasteiger partial charge is 0.225 e. The molecule has 1 aromatic carbocycles. The third-order valence-corrected chi connectivity index (χ3v) is 4.67. The van der Waals surface area contributed by atoms with Crippen LogP contribution in [0.2, 0.25) is 0 Å². The molecule has 1 heterocycles. The number of likely N-dealkylation sites (tertiary alicyclic amines) is 1. The van der Waals surface area contributed by atoms with Gasteiger partial charge in [0.05, 0.1) is 13.0 Å². The number of hydrogen-bond acceptors (Lipinski definition) is 3. The lowest BCUT2D eigenvalue weighted by Gasteiger charge is -2.34. The number of carbonyl (C=O) groups is 2. The van der Waals surface area contributed by atoms with E-state index in [2.05, 4.69) is 5.32 Å². The van der Waals surface area contributed by atoms with Crippen molar-refractivity contribution in [3.63, 3.8) is 0 Å². The van der Waals surface area contributed by atoms with Gasteiger partial charge < -0.3 is 15.0 Å². The maximum atomic E-state index is 12.2. The molecule has 2 aliphatic rings. The quantitative estimate of drug-likeness (QED) is 0.901. The number of ether oxygens (including phenoxy) is 1. The van der Waals surface area contributed by atoms with Crippen LogP contribution in [-0.4, -0.2) is 36.4 Å². The first-order chi connectivity index (χ1) is 10.7. The summed E-state index contributed by atoms with van der Waals surface area (Å²) >= 11 is 0. The van der Waals surface area contributed by atoms with Gasteiger partial charge in [0.2, 0.25) is 11.8 Å². The normalized spacial score (nSPS) is 21.6. The summed E-state index contributed by atoms with van der Waals surface area (Å²) in [6, 6.07) is 7.99. The molecule has 3 rings (SSSR count). The molecular formula is C17H22N2O3. The summed E-state index contributed by atoms with van der Waals surface area (Å²) in [6.45, 7) is 1.06. The molecule has 0 spiro atoms. The van der Waals surface area contributed by atoms with E-state index in [9.17, 15) is 9.59 Å². The second kappa shape index (κ2) is 6.38. The van der Waals surface area contributed by atoms with Crippen LogP contribution in [-0.2, 0) is 16.1 Å². The Morgan fingerprint density at radius 1 is 1.32 bits per heavy atom. The summed E-state index contributed by atoms with van der Waals surface area (Å²) in [5, 5.41) is 2.94. The highest BCUT2D eigenvalue weighted by Gasteiger charge is 2.39. The summed E-state index contributed by atoms with van der Waals surface area (Å²) in [7, 11) is 1.63. The molecule has 1 aliphatic heterocycles. The molecule has 1 atom stereocenters. The number of carbonyl (C=O) groups excluding carboxylic acids is 2. The number of nitrogens with one attached hydrogen (secondary N) is 1. The maximum Gasteiger partial charge on any atom is 0.225 e. The van der Waals surface area contributed by atoms with Crippen LogP contribution in [0.4, 0.5) is 0 Å². The Morgan fingerprint density at radius 3 is 2.64 bits per heavy atom. The van der Waals surface area contributed by atoms with Crippen molar-refractivity contribution in [1.82, 2.24) is 10.2 Å². The van der Waals surface area contributed by atoms with Crippen molar-refractivity contribution in [2.45, 2.75) is 38.3 Å². The second-order valence-electron chi connectivity index (χ2n) is 6.10. The largest absolute Gasteiger partial charge is 0.497 e. The molecule has 1 saturated carbocycles. The third-order valence-electron chi connectivity index (χ3n) is 4.67. The predicted octanol–water partition coefficient (Wildman–Crippen LogP) is 1.71. The van der Waals surface area contributed by atoms with Crippen molar-refractivity contribution in [2.75, 3.05) is 13.7 Å². The van der Waals surface area contributed by atoms with Gasteiger partial charge in [-0.3, -0.25) is 9.59 Å². The van der Waals surface area contributed by atoms with E-state index in [0.717, 1.165) is 24.2 Å². The number of nitrogens with zero attached hydrogens (tertiary/aromatic N) is 1. The Morgan fingerprint density at radius 2 is 2.05 bits per heavy atom. The van der Waals surface area contributed by atoms with Gasteiger partial charge in [-0.25, -0.2) is 0 Å². The number of rotatable bonds is 5. The van der Waals surface area contributed by atoms with Gasteiger partial charge in [0, 0.05) is 25.6 Å². The van der Waals surface area contributed by atoms with Gasteiger partial charge in [0.15, 0.2) is 0 Å². The minimum atomic E-state index is -0.202. The predicted molar refractivity (Wildman–Crippen MR) is 82.3 cm³/mol. The Kier molecular flexibility index (Phi) is 4.32. The van der Waals surface area contributed by atoms with Crippen LogP contribution in [0.15, 0.2) is 24.3 Å². The van der Waals surface area contributed by atoms with Crippen molar-refractivity contribution in [3.05, 3.63) is 29.8 Å². The van der Waals surface area contributed by atoms with Crippen LogP contribution in [0.3, 0.4) is 0 Å². The highest BCUT2D eigenvalue weighted by molar-refractivity contribution is 5.89. The van der Waals surface area contributed by atoms with Crippen LogP contribution < -0.4 is 10.1 Å². The Balaban J connectivity index is 1.50. The van der Waals surface area contributed by atoms with Gasteiger partial charge in [-0.15, -0.1) is 0 Å². The van der Waals surface area contributed by atoms with E-state index in [-0.39, 0.29) is 17.7 Å². The first kappa shape index (κ1) is 14.9. The maximum absolute atomic E-state index is 12.2. The van der Waals surface area contributed by atoms with E-state index >= 15 is 0 Å². The Bertz CT molecular complexity index is 552. The lowest BCUT2D eigenvalue weighted by molar-refractivity contribution is -0.131. The third kappa shape index (κ3) is 3.08. The van der Waals surface area contributed by atoms with Crippen LogP contribution in [0.1, 0.15) is 31.2 Å². The van der Waals surface area contributed by atoms with Crippen molar-refractivity contribution in [3.8, 4) is 5.75 Å². The van der Waals surface area contributed by atoms with E-state index in [1.54, 1.807) is 7.11 Å². The number of benzene rings is 1. The summed E-state index contributed by atoms with van der Waals surface area (Å²) in [5.41, 5.74) is 1.02. The summed E-state index contributed by atoms with van der Waals surface area (Å²) in [4.78, 5) is 26.2. The SMILES string of the molecule is COc1ccc(CNC(=O)C2CC(=O)N(C3CCC3)C2)cc1. The zero-order valence-electron chi connectivity index (χ0n) is 12.9. The second-order valence-corrected chi connectivity index (χ2v) is 6.10. The highest BCUT2D eigenvalue weighted by Crippen LogP contribution is 2.30. The van der Waals surface area contributed by atoms with Gasteiger partial charge in [-0.05, 0) is 37.0 Å². The van der Waals surface area contributed by atoms with Gasteiger partial charge >= 0.3 is 0 Å². The molecule has 0 aromatic heterocycles. The average molecular weight is 302 g/mol. The lowest BCUT2D eigenvalue weighted by atomic mass is 9.92. The minimum absolute atomic E-state index is 0.0222. The van der Waals surface area contributed by atoms with Crippen LogP contribution in [0, 0.1) is 5.92 Å². The van der Waals surface area contributed by atoms with Crippen LogP contribution >= 0.6 is 0 Å². The average Bonchev–Trinajstić information content (AvgIpc) is 2.85. The zero-order valence-corrected chi connectivity index (χ0v) is 12.9. The molecule has 5 heteroatoms. The van der Waals surface area contributed by atoms with E-state index in [4.69, 9.17) is 4.74 Å². The van der Waals surface area contributed by atoms with Gasteiger partial charge in [-0.2, -0.15) is 0 Å². The standard InChI is InChI=1S/C17H22N2O3/c1-22-15-7-5-12(6-8-15)10-18-17(21)13-9-16(20)19(11-13)14-3-2-4-14/h5-8,13-14H,2-4,9-11H2,1H3,(H,18,21). The molecule has 1 N–H and O–H groups in total. The molecule has 2 amide bonds. The molecule has 1 aliphatic carbocycles.